The number of aromatic nitrogens is 2. The fraction of sp³-hybridized carbons (Fsp3) is 0.111. The van der Waals surface area contributed by atoms with E-state index in [1.165, 1.54) is 0 Å². The van der Waals surface area contributed by atoms with Crippen molar-refractivity contribution in [3.05, 3.63) is 89.6 Å². The molecule has 180 valence electrons. The molecule has 4 amide bonds. The molecule has 5 N–H and O–H groups in total. The first-order valence-corrected chi connectivity index (χ1v) is 11.5. The van der Waals surface area contributed by atoms with Gasteiger partial charge in [0.1, 0.15) is 11.5 Å². The van der Waals surface area contributed by atoms with Crippen molar-refractivity contribution in [3.8, 4) is 0 Å². The summed E-state index contributed by atoms with van der Waals surface area (Å²) in [5.41, 5.74) is 9.70. The summed E-state index contributed by atoms with van der Waals surface area (Å²) < 4.78 is 0. The molecule has 2 aromatic carbocycles. The SMILES string of the molecule is NC(=O)/C(=C/c1c[nH]c2nc(NC(=O)Cc3ccc(N4CCNC4=O)cc3)ccc12)c1ccccc1. The molecule has 1 aliphatic heterocycles. The second-order valence-electron chi connectivity index (χ2n) is 8.40. The predicted octanol–water partition coefficient (Wildman–Crippen LogP) is 3.30. The summed E-state index contributed by atoms with van der Waals surface area (Å²) >= 11 is 0. The average Bonchev–Trinajstić information content (AvgIpc) is 3.49. The molecular weight excluding hydrogens is 456 g/mol. The van der Waals surface area contributed by atoms with Crippen LogP contribution in [-0.2, 0) is 16.0 Å². The van der Waals surface area contributed by atoms with Crippen molar-refractivity contribution in [2.45, 2.75) is 6.42 Å². The van der Waals surface area contributed by atoms with Gasteiger partial charge >= 0.3 is 6.03 Å². The van der Waals surface area contributed by atoms with E-state index in [9.17, 15) is 14.4 Å². The fourth-order valence-corrected chi connectivity index (χ4v) is 4.17. The number of nitrogens with one attached hydrogen (secondary N) is 3. The molecule has 0 radical (unpaired) electrons. The maximum atomic E-state index is 12.6. The van der Waals surface area contributed by atoms with Crippen LogP contribution in [0.5, 0.6) is 0 Å². The molecule has 4 aromatic rings. The largest absolute Gasteiger partial charge is 0.366 e. The number of rotatable bonds is 7. The smallest absolute Gasteiger partial charge is 0.321 e. The molecule has 1 aliphatic rings. The first kappa shape index (κ1) is 22.9. The normalized spacial score (nSPS) is 13.6. The van der Waals surface area contributed by atoms with Crippen LogP contribution in [0.15, 0.2) is 72.9 Å². The van der Waals surface area contributed by atoms with E-state index in [-0.39, 0.29) is 18.4 Å². The molecule has 3 heterocycles. The molecule has 0 atom stereocenters. The van der Waals surface area contributed by atoms with E-state index in [0.29, 0.717) is 30.1 Å². The van der Waals surface area contributed by atoms with Gasteiger partial charge in [-0.15, -0.1) is 0 Å². The Balaban J connectivity index is 1.28. The van der Waals surface area contributed by atoms with Crippen LogP contribution in [0.4, 0.5) is 16.3 Å². The number of hydrogen-bond donors (Lipinski definition) is 4. The highest BCUT2D eigenvalue weighted by Crippen LogP contribution is 2.25. The number of hydrogen-bond acceptors (Lipinski definition) is 4. The maximum absolute atomic E-state index is 12.6. The van der Waals surface area contributed by atoms with Crippen molar-refractivity contribution in [1.29, 1.82) is 0 Å². The Hall–Kier alpha value is -4.92. The highest BCUT2D eigenvalue weighted by Gasteiger charge is 2.21. The average molecular weight is 481 g/mol. The minimum absolute atomic E-state index is 0.115. The van der Waals surface area contributed by atoms with Crippen LogP contribution in [0.1, 0.15) is 16.7 Å². The highest BCUT2D eigenvalue weighted by molar-refractivity contribution is 6.24. The maximum Gasteiger partial charge on any atom is 0.321 e. The molecule has 36 heavy (non-hydrogen) atoms. The minimum Gasteiger partial charge on any atom is -0.366 e. The fourth-order valence-electron chi connectivity index (χ4n) is 4.17. The van der Waals surface area contributed by atoms with E-state index >= 15 is 0 Å². The number of urea groups is 1. The lowest BCUT2D eigenvalue weighted by Gasteiger charge is -2.14. The van der Waals surface area contributed by atoms with Crippen LogP contribution in [0, 0.1) is 0 Å². The number of fused-ring (bicyclic) bond motifs is 1. The molecule has 5 rings (SSSR count). The summed E-state index contributed by atoms with van der Waals surface area (Å²) in [6.45, 7) is 1.25. The van der Waals surface area contributed by atoms with Crippen LogP contribution < -0.4 is 21.3 Å². The Kier molecular flexibility index (Phi) is 6.19. The van der Waals surface area contributed by atoms with E-state index in [0.717, 1.165) is 27.8 Å². The lowest BCUT2D eigenvalue weighted by Crippen LogP contribution is -2.27. The number of H-pyrrole nitrogens is 1. The summed E-state index contributed by atoms with van der Waals surface area (Å²) in [5, 5.41) is 6.38. The minimum atomic E-state index is -0.524. The zero-order valence-corrected chi connectivity index (χ0v) is 19.3. The molecule has 0 bridgehead atoms. The number of nitrogens with zero attached hydrogens (tertiary/aromatic N) is 2. The van der Waals surface area contributed by atoms with Crippen LogP contribution in [-0.4, -0.2) is 40.9 Å². The van der Waals surface area contributed by atoms with E-state index in [1.54, 1.807) is 23.2 Å². The number of benzene rings is 2. The van der Waals surface area contributed by atoms with Gasteiger partial charge in [0.25, 0.3) is 0 Å². The van der Waals surface area contributed by atoms with Crippen molar-refractivity contribution in [2.24, 2.45) is 5.73 Å². The number of anilines is 2. The molecule has 1 fully saturated rings. The van der Waals surface area contributed by atoms with Gasteiger partial charge < -0.3 is 21.4 Å². The number of primary amides is 1. The van der Waals surface area contributed by atoms with Gasteiger partial charge in [-0.05, 0) is 41.5 Å². The molecular formula is C27H24N6O3. The van der Waals surface area contributed by atoms with Gasteiger partial charge in [0.05, 0.1) is 6.42 Å². The van der Waals surface area contributed by atoms with Gasteiger partial charge in [-0.25, -0.2) is 9.78 Å². The van der Waals surface area contributed by atoms with Gasteiger partial charge in [-0.1, -0.05) is 42.5 Å². The van der Waals surface area contributed by atoms with Crippen molar-refractivity contribution in [1.82, 2.24) is 15.3 Å². The van der Waals surface area contributed by atoms with Crippen LogP contribution >= 0.6 is 0 Å². The molecule has 9 heteroatoms. The highest BCUT2D eigenvalue weighted by atomic mass is 16.2. The summed E-state index contributed by atoms with van der Waals surface area (Å²) in [7, 11) is 0. The molecule has 0 unspecified atom stereocenters. The van der Waals surface area contributed by atoms with E-state index in [2.05, 4.69) is 20.6 Å². The first-order chi connectivity index (χ1) is 17.5. The molecule has 2 aromatic heterocycles. The van der Waals surface area contributed by atoms with Crippen LogP contribution in [0.25, 0.3) is 22.7 Å². The van der Waals surface area contributed by atoms with E-state index < -0.39 is 5.91 Å². The van der Waals surface area contributed by atoms with Crippen molar-refractivity contribution < 1.29 is 14.4 Å². The van der Waals surface area contributed by atoms with Gasteiger partial charge in [-0.2, -0.15) is 0 Å². The van der Waals surface area contributed by atoms with Gasteiger partial charge in [0.15, 0.2) is 0 Å². The number of carbonyl (C=O) groups is 3. The number of aromatic amines is 1. The Morgan fingerprint density at radius 3 is 2.53 bits per heavy atom. The molecule has 0 aliphatic carbocycles. The summed E-state index contributed by atoms with van der Waals surface area (Å²) in [6.07, 6.45) is 3.65. The zero-order valence-electron chi connectivity index (χ0n) is 19.3. The summed E-state index contributed by atoms with van der Waals surface area (Å²) in [4.78, 5) is 45.7. The molecule has 1 saturated heterocycles. The van der Waals surface area contributed by atoms with E-state index in [1.807, 2.05) is 60.7 Å². The monoisotopic (exact) mass is 480 g/mol. The topological polar surface area (TPSA) is 133 Å². The molecule has 9 nitrogen and oxygen atoms in total. The lowest BCUT2D eigenvalue weighted by molar-refractivity contribution is -0.115. The van der Waals surface area contributed by atoms with Gasteiger partial charge in [0, 0.05) is 41.5 Å². The zero-order chi connectivity index (χ0) is 25.1. The van der Waals surface area contributed by atoms with Gasteiger partial charge in [0.2, 0.25) is 11.8 Å². The predicted molar refractivity (Wildman–Crippen MR) is 139 cm³/mol. The van der Waals surface area contributed by atoms with Crippen LogP contribution in [0.2, 0.25) is 0 Å². The number of pyridine rings is 1. The Morgan fingerprint density at radius 2 is 1.83 bits per heavy atom. The molecule has 0 spiro atoms. The van der Waals surface area contributed by atoms with Crippen molar-refractivity contribution in [3.63, 3.8) is 0 Å². The summed E-state index contributed by atoms with van der Waals surface area (Å²) in [6, 6.07) is 20.0. The lowest BCUT2D eigenvalue weighted by atomic mass is 10.0. The summed E-state index contributed by atoms with van der Waals surface area (Å²) in [5.74, 6) is -0.321. The number of nitrogens with two attached hydrogens (primary N) is 1. The third-order valence-corrected chi connectivity index (χ3v) is 5.96. The molecule has 0 saturated carbocycles. The third-order valence-electron chi connectivity index (χ3n) is 5.96. The van der Waals surface area contributed by atoms with Crippen LogP contribution in [0.3, 0.4) is 0 Å². The van der Waals surface area contributed by atoms with Crippen molar-refractivity contribution >= 4 is 52.0 Å². The number of carbonyl (C=O) groups excluding carboxylic acids is 3. The third kappa shape index (κ3) is 4.80. The first-order valence-electron chi connectivity index (χ1n) is 11.5. The van der Waals surface area contributed by atoms with Gasteiger partial charge in [-0.3, -0.25) is 14.5 Å². The van der Waals surface area contributed by atoms with Crippen molar-refractivity contribution in [2.75, 3.05) is 23.3 Å². The Bertz CT molecular complexity index is 1470. The van der Waals surface area contributed by atoms with E-state index in [4.69, 9.17) is 5.73 Å². The quantitative estimate of drug-likeness (QED) is 0.302. The number of amides is 4. The Labute approximate surface area is 207 Å². The second-order valence-corrected chi connectivity index (χ2v) is 8.40. The standard InChI is InChI=1S/C27H24N6O3/c28-25(35)22(18-4-2-1-3-5-18)15-19-16-30-26-21(19)10-11-23(32-26)31-24(34)14-17-6-8-20(9-7-17)33-13-12-29-27(33)36/h1-11,15-16H,12-14H2,(H2,28,35)(H,29,36)(H2,30,31,32,34)/b22-15+. The second kappa shape index (κ2) is 9.75. The Morgan fingerprint density at radius 1 is 1.06 bits per heavy atom.